The first-order chi connectivity index (χ1) is 18.4. The van der Waals surface area contributed by atoms with Gasteiger partial charge in [-0.25, -0.2) is 4.79 Å². The summed E-state index contributed by atoms with van der Waals surface area (Å²) in [5.41, 5.74) is 7.26. The molecule has 214 valence electrons. The monoisotopic (exact) mass is 565 g/mol. The summed E-state index contributed by atoms with van der Waals surface area (Å²) in [5.74, 6) is -4.34. The molecular weight excluding hydrogens is 530 g/mol. The lowest BCUT2D eigenvalue weighted by molar-refractivity contribution is -0.145. The molecule has 5 atom stereocenters. The number of amides is 3. The van der Waals surface area contributed by atoms with Gasteiger partial charge < -0.3 is 42.0 Å². The third kappa shape index (κ3) is 9.57. The van der Waals surface area contributed by atoms with Gasteiger partial charge in [-0.1, -0.05) is 18.2 Å². The maximum absolute atomic E-state index is 13.3. The predicted molar refractivity (Wildman–Crippen MR) is 145 cm³/mol. The van der Waals surface area contributed by atoms with Crippen LogP contribution in [-0.2, 0) is 30.4 Å². The number of rotatable bonds is 16. The standard InChI is InChI=1S/C25H35N5O8S/c1-13(31)21(25(37)38)30-24(36)19(11-14-12-27-17-6-4-3-5-15(14)17)29-23(35)18(9-10-39-2)28-22(34)16(26)7-8-20(32)33/h3-6,12-13,16,18-19,21,27,31H,7-11,26H2,1-2H3,(H,28,34)(H,29,35)(H,30,36)(H,32,33)(H,37,38). The van der Waals surface area contributed by atoms with E-state index in [9.17, 15) is 34.2 Å². The second-order valence-corrected chi connectivity index (χ2v) is 10.1. The topological polar surface area (TPSA) is 224 Å². The van der Waals surface area contributed by atoms with Crippen molar-refractivity contribution in [2.45, 2.75) is 62.9 Å². The number of carboxylic acids is 2. The van der Waals surface area contributed by atoms with E-state index in [1.165, 1.54) is 18.7 Å². The van der Waals surface area contributed by atoms with Gasteiger partial charge in [-0.2, -0.15) is 11.8 Å². The van der Waals surface area contributed by atoms with Crippen molar-refractivity contribution in [3.05, 3.63) is 36.0 Å². The van der Waals surface area contributed by atoms with Gasteiger partial charge in [0.2, 0.25) is 17.7 Å². The van der Waals surface area contributed by atoms with Crippen molar-refractivity contribution in [1.82, 2.24) is 20.9 Å². The number of H-pyrrole nitrogens is 1. The Kier molecular flexibility index (Phi) is 12.2. The molecule has 39 heavy (non-hydrogen) atoms. The highest BCUT2D eigenvalue weighted by Gasteiger charge is 2.32. The Labute approximate surface area is 229 Å². The molecule has 0 saturated carbocycles. The first kappa shape index (κ1) is 31.6. The van der Waals surface area contributed by atoms with Gasteiger partial charge in [0.15, 0.2) is 6.04 Å². The van der Waals surface area contributed by atoms with Crippen molar-refractivity contribution < 1.29 is 39.3 Å². The molecule has 13 nitrogen and oxygen atoms in total. The van der Waals surface area contributed by atoms with E-state index in [1.54, 1.807) is 6.20 Å². The molecule has 0 aliphatic heterocycles. The predicted octanol–water partition coefficient (Wildman–Crippen LogP) is -0.425. The second kappa shape index (κ2) is 15.1. The number of carbonyl (C=O) groups excluding carboxylic acids is 3. The van der Waals surface area contributed by atoms with Crippen molar-refractivity contribution in [3.8, 4) is 0 Å². The van der Waals surface area contributed by atoms with Crippen molar-refractivity contribution >= 4 is 52.3 Å². The summed E-state index contributed by atoms with van der Waals surface area (Å²) >= 11 is 1.43. The first-order valence-electron chi connectivity index (χ1n) is 12.3. The number of fused-ring (bicyclic) bond motifs is 1. The number of aliphatic hydroxyl groups is 1. The minimum atomic E-state index is -1.61. The SMILES string of the molecule is CSCCC(NC(=O)C(N)CCC(=O)O)C(=O)NC(Cc1c[nH]c2ccccc12)C(=O)NC(C(=O)O)C(C)O. The summed E-state index contributed by atoms with van der Waals surface area (Å²) in [6.07, 6.45) is 1.81. The first-order valence-corrected chi connectivity index (χ1v) is 13.7. The molecule has 0 radical (unpaired) electrons. The van der Waals surface area contributed by atoms with Gasteiger partial charge in [-0.15, -0.1) is 0 Å². The fourth-order valence-corrected chi connectivity index (χ4v) is 4.31. The highest BCUT2D eigenvalue weighted by Crippen LogP contribution is 2.19. The highest BCUT2D eigenvalue weighted by atomic mass is 32.2. The molecule has 0 bridgehead atoms. The fraction of sp³-hybridized carbons (Fsp3) is 0.480. The number of nitrogens with one attached hydrogen (secondary N) is 4. The Morgan fingerprint density at radius 2 is 1.62 bits per heavy atom. The van der Waals surface area contributed by atoms with E-state index < -0.39 is 59.9 Å². The Balaban J connectivity index is 2.28. The van der Waals surface area contributed by atoms with Gasteiger partial charge >= 0.3 is 11.9 Å². The van der Waals surface area contributed by atoms with Gasteiger partial charge in [0.1, 0.15) is 12.1 Å². The van der Waals surface area contributed by atoms with E-state index >= 15 is 0 Å². The van der Waals surface area contributed by atoms with Gasteiger partial charge in [0.05, 0.1) is 12.1 Å². The molecule has 5 unspecified atom stereocenters. The zero-order chi connectivity index (χ0) is 29.1. The van der Waals surface area contributed by atoms with Gasteiger partial charge in [0.25, 0.3) is 0 Å². The molecule has 0 aliphatic carbocycles. The Morgan fingerprint density at radius 1 is 0.974 bits per heavy atom. The molecule has 1 aromatic carbocycles. The minimum absolute atomic E-state index is 0.0188. The van der Waals surface area contributed by atoms with Crippen LogP contribution in [0.15, 0.2) is 30.5 Å². The number of para-hydroxylation sites is 1. The zero-order valence-electron chi connectivity index (χ0n) is 21.7. The second-order valence-electron chi connectivity index (χ2n) is 9.07. The molecule has 0 aliphatic rings. The molecule has 2 rings (SSSR count). The number of aliphatic carboxylic acids is 2. The van der Waals surface area contributed by atoms with Crippen LogP contribution in [0.5, 0.6) is 0 Å². The molecular formula is C25H35N5O8S. The summed E-state index contributed by atoms with van der Waals surface area (Å²) in [7, 11) is 0. The molecule has 0 saturated heterocycles. The third-order valence-electron chi connectivity index (χ3n) is 6.03. The number of aromatic nitrogens is 1. The molecule has 0 spiro atoms. The number of carboxylic acid groups (broad SMARTS) is 2. The molecule has 3 amide bonds. The number of nitrogens with two attached hydrogens (primary N) is 1. The quantitative estimate of drug-likeness (QED) is 0.131. The number of hydrogen-bond donors (Lipinski definition) is 8. The summed E-state index contributed by atoms with van der Waals surface area (Å²) < 4.78 is 0. The molecule has 2 aromatic rings. The van der Waals surface area contributed by atoms with Crippen LogP contribution in [0.25, 0.3) is 10.9 Å². The number of aromatic amines is 1. The average Bonchev–Trinajstić information content (AvgIpc) is 3.29. The maximum Gasteiger partial charge on any atom is 0.328 e. The van der Waals surface area contributed by atoms with Gasteiger partial charge in [0, 0.05) is 29.9 Å². The van der Waals surface area contributed by atoms with Crippen LogP contribution < -0.4 is 21.7 Å². The number of aliphatic hydroxyl groups excluding tert-OH is 1. The van der Waals surface area contributed by atoms with Crippen LogP contribution >= 0.6 is 11.8 Å². The Hall–Kier alpha value is -3.62. The van der Waals surface area contributed by atoms with Crippen LogP contribution in [0.4, 0.5) is 0 Å². The Morgan fingerprint density at radius 3 is 2.23 bits per heavy atom. The van der Waals surface area contributed by atoms with Gasteiger partial charge in [-0.05, 0) is 43.4 Å². The van der Waals surface area contributed by atoms with E-state index in [0.717, 1.165) is 10.9 Å². The number of benzene rings is 1. The van der Waals surface area contributed by atoms with Crippen molar-refractivity contribution in [2.24, 2.45) is 5.73 Å². The lowest BCUT2D eigenvalue weighted by atomic mass is 10.0. The highest BCUT2D eigenvalue weighted by molar-refractivity contribution is 7.98. The summed E-state index contributed by atoms with van der Waals surface area (Å²) in [6.45, 7) is 1.22. The zero-order valence-corrected chi connectivity index (χ0v) is 22.5. The molecule has 1 heterocycles. The van der Waals surface area contributed by atoms with Crippen LogP contribution in [0.3, 0.4) is 0 Å². The molecule has 9 N–H and O–H groups in total. The number of hydrogen-bond acceptors (Lipinski definition) is 8. The summed E-state index contributed by atoms with van der Waals surface area (Å²) in [5, 5.41) is 36.3. The van der Waals surface area contributed by atoms with Gasteiger partial charge in [-0.3, -0.25) is 19.2 Å². The van der Waals surface area contributed by atoms with Crippen molar-refractivity contribution in [2.75, 3.05) is 12.0 Å². The van der Waals surface area contributed by atoms with Crippen LogP contribution in [-0.4, -0.2) is 92.2 Å². The number of carbonyl (C=O) groups is 5. The van der Waals surface area contributed by atoms with E-state index in [0.29, 0.717) is 11.3 Å². The van der Waals surface area contributed by atoms with E-state index in [4.69, 9.17) is 10.8 Å². The minimum Gasteiger partial charge on any atom is -0.481 e. The summed E-state index contributed by atoms with van der Waals surface area (Å²) in [4.78, 5) is 64.5. The molecule has 14 heteroatoms. The fourth-order valence-electron chi connectivity index (χ4n) is 3.84. The summed E-state index contributed by atoms with van der Waals surface area (Å²) in [6, 6.07) is 2.18. The van der Waals surface area contributed by atoms with E-state index in [1.807, 2.05) is 30.5 Å². The lowest BCUT2D eigenvalue weighted by Crippen LogP contribution is -2.58. The van der Waals surface area contributed by atoms with E-state index in [2.05, 4.69) is 20.9 Å². The normalized spacial score (nSPS) is 15.0. The largest absolute Gasteiger partial charge is 0.481 e. The average molecular weight is 566 g/mol. The van der Waals surface area contributed by atoms with Crippen molar-refractivity contribution in [3.63, 3.8) is 0 Å². The smallest absolute Gasteiger partial charge is 0.328 e. The number of thioether (sulfide) groups is 1. The lowest BCUT2D eigenvalue weighted by Gasteiger charge is -2.25. The molecule has 1 aromatic heterocycles. The van der Waals surface area contributed by atoms with Crippen molar-refractivity contribution in [1.29, 1.82) is 0 Å². The van der Waals surface area contributed by atoms with E-state index in [-0.39, 0.29) is 25.7 Å². The maximum atomic E-state index is 13.3. The molecule has 0 fully saturated rings. The van der Waals surface area contributed by atoms with Crippen LogP contribution in [0, 0.1) is 0 Å². The van der Waals surface area contributed by atoms with Crippen LogP contribution in [0.1, 0.15) is 31.7 Å². The van der Waals surface area contributed by atoms with Crippen LogP contribution in [0.2, 0.25) is 0 Å². The Bertz CT molecular complexity index is 1170. The third-order valence-corrected chi connectivity index (χ3v) is 6.67.